The van der Waals surface area contributed by atoms with Gasteiger partial charge in [0.25, 0.3) is 0 Å². The van der Waals surface area contributed by atoms with E-state index in [9.17, 15) is 9.90 Å². The number of carbonyl (C=O) groups is 1. The fourth-order valence-corrected chi connectivity index (χ4v) is 3.43. The number of rotatable bonds is 7. The Hall–Kier alpha value is -2.67. The van der Waals surface area contributed by atoms with Crippen LogP contribution in [0.15, 0.2) is 42.7 Å². The molecule has 1 saturated heterocycles. The molecule has 2 aromatic rings. The average molecular weight is 356 g/mol. The molecule has 26 heavy (non-hydrogen) atoms. The van der Waals surface area contributed by atoms with E-state index < -0.39 is 5.41 Å². The Morgan fingerprint density at radius 1 is 1.31 bits per heavy atom. The molecule has 138 valence electrons. The second-order valence-corrected chi connectivity index (χ2v) is 6.47. The molecule has 0 saturated carbocycles. The van der Waals surface area contributed by atoms with E-state index in [1.807, 2.05) is 29.2 Å². The van der Waals surface area contributed by atoms with E-state index in [0.29, 0.717) is 38.4 Å². The summed E-state index contributed by atoms with van der Waals surface area (Å²) < 4.78 is 5.33. The van der Waals surface area contributed by atoms with Gasteiger partial charge in [-0.1, -0.05) is 18.2 Å². The van der Waals surface area contributed by atoms with Crippen LogP contribution < -0.4 is 15.0 Å². The highest BCUT2D eigenvalue weighted by atomic mass is 16.5. The maximum Gasteiger partial charge on any atom is 0.228 e. The summed E-state index contributed by atoms with van der Waals surface area (Å²) in [5.74, 6) is 1.30. The number of para-hydroxylation sites is 1. The molecule has 1 atom stereocenters. The van der Waals surface area contributed by atoms with Gasteiger partial charge < -0.3 is 20.1 Å². The zero-order chi connectivity index (χ0) is 18.4. The first kappa shape index (κ1) is 18.1. The van der Waals surface area contributed by atoms with E-state index in [0.717, 1.165) is 11.3 Å². The topological polar surface area (TPSA) is 87.6 Å². The van der Waals surface area contributed by atoms with Crippen molar-refractivity contribution in [2.24, 2.45) is 5.41 Å². The van der Waals surface area contributed by atoms with Crippen molar-refractivity contribution in [2.45, 2.75) is 19.4 Å². The van der Waals surface area contributed by atoms with Crippen molar-refractivity contribution in [3.63, 3.8) is 0 Å². The lowest BCUT2D eigenvalue weighted by Crippen LogP contribution is -2.43. The largest absolute Gasteiger partial charge is 0.496 e. The van der Waals surface area contributed by atoms with Gasteiger partial charge in [-0.25, -0.2) is 9.97 Å². The van der Waals surface area contributed by atoms with E-state index in [1.54, 1.807) is 25.6 Å². The lowest BCUT2D eigenvalue weighted by molar-refractivity contribution is -0.131. The molecule has 0 aliphatic carbocycles. The lowest BCUT2D eigenvalue weighted by atomic mass is 9.82. The van der Waals surface area contributed by atoms with Gasteiger partial charge in [0.15, 0.2) is 0 Å². The molecule has 7 heteroatoms. The molecule has 1 amide bonds. The van der Waals surface area contributed by atoms with Gasteiger partial charge in [0.05, 0.1) is 12.5 Å². The van der Waals surface area contributed by atoms with E-state index in [4.69, 9.17) is 4.74 Å². The number of carbonyl (C=O) groups excluding carboxylic acids is 1. The number of aromatic nitrogens is 2. The van der Waals surface area contributed by atoms with Crippen LogP contribution in [0.5, 0.6) is 5.75 Å². The summed E-state index contributed by atoms with van der Waals surface area (Å²) in [4.78, 5) is 23.5. The quantitative estimate of drug-likeness (QED) is 0.779. The van der Waals surface area contributed by atoms with Gasteiger partial charge in [0.2, 0.25) is 11.9 Å². The molecule has 0 radical (unpaired) electrons. The number of anilines is 1. The van der Waals surface area contributed by atoms with Crippen LogP contribution in [0.1, 0.15) is 18.4 Å². The van der Waals surface area contributed by atoms with Gasteiger partial charge in [-0.2, -0.15) is 0 Å². The van der Waals surface area contributed by atoms with Crippen LogP contribution in [0.2, 0.25) is 0 Å². The van der Waals surface area contributed by atoms with Gasteiger partial charge in [-0.05, 0) is 25.0 Å². The number of hydrogen-bond donors (Lipinski definition) is 2. The normalized spacial score (nSPS) is 19.4. The van der Waals surface area contributed by atoms with Crippen LogP contribution in [-0.4, -0.2) is 47.8 Å². The highest BCUT2D eigenvalue weighted by molar-refractivity contribution is 5.84. The van der Waals surface area contributed by atoms with Gasteiger partial charge >= 0.3 is 0 Å². The summed E-state index contributed by atoms with van der Waals surface area (Å²) >= 11 is 0. The Labute approximate surface area is 153 Å². The number of aliphatic hydroxyl groups excluding tert-OH is 1. The van der Waals surface area contributed by atoms with Crippen molar-refractivity contribution in [1.29, 1.82) is 0 Å². The van der Waals surface area contributed by atoms with Gasteiger partial charge in [-0.3, -0.25) is 4.79 Å². The minimum absolute atomic E-state index is 0.0361. The number of nitrogens with zero attached hydrogens (tertiary/aromatic N) is 3. The molecule has 2 heterocycles. The summed E-state index contributed by atoms with van der Waals surface area (Å²) in [5.41, 5.74) is 0.277. The minimum atomic E-state index is -0.643. The fraction of sp³-hybridized carbons (Fsp3) is 0.421. The maximum atomic E-state index is 13.0. The van der Waals surface area contributed by atoms with Crippen molar-refractivity contribution in [3.8, 4) is 5.75 Å². The van der Waals surface area contributed by atoms with E-state index >= 15 is 0 Å². The summed E-state index contributed by atoms with van der Waals surface area (Å²) in [6, 6.07) is 9.37. The van der Waals surface area contributed by atoms with E-state index in [-0.39, 0.29) is 12.5 Å². The molecule has 7 nitrogen and oxygen atoms in total. The third-order valence-electron chi connectivity index (χ3n) is 4.89. The summed E-state index contributed by atoms with van der Waals surface area (Å²) in [7, 11) is 1.61. The molecular weight excluding hydrogens is 332 g/mol. The van der Waals surface area contributed by atoms with Crippen LogP contribution in [0.25, 0.3) is 0 Å². The standard InChI is InChI=1S/C19H24N4O3/c1-26-16-6-3-2-5-15(16)13-22-17(25)19(8-12-24)7-11-23(14-19)18-20-9-4-10-21-18/h2-6,9-10,24H,7-8,11-14H2,1H3,(H,22,25). The molecule has 3 rings (SSSR count). The summed E-state index contributed by atoms with van der Waals surface area (Å²) in [5, 5.41) is 12.5. The summed E-state index contributed by atoms with van der Waals surface area (Å²) in [6.45, 7) is 1.53. The van der Waals surface area contributed by atoms with E-state index in [1.165, 1.54) is 0 Å². The second-order valence-electron chi connectivity index (χ2n) is 6.47. The minimum Gasteiger partial charge on any atom is -0.496 e. The van der Waals surface area contributed by atoms with Crippen molar-refractivity contribution >= 4 is 11.9 Å². The molecule has 1 aromatic heterocycles. The Morgan fingerprint density at radius 2 is 2.08 bits per heavy atom. The van der Waals surface area contributed by atoms with Crippen LogP contribution in [0, 0.1) is 5.41 Å². The predicted octanol–water partition coefficient (Wildman–Crippen LogP) is 1.38. The first-order valence-electron chi connectivity index (χ1n) is 8.71. The molecule has 1 unspecified atom stereocenters. The van der Waals surface area contributed by atoms with Crippen LogP contribution in [-0.2, 0) is 11.3 Å². The third kappa shape index (κ3) is 3.77. The van der Waals surface area contributed by atoms with Gasteiger partial charge in [0, 0.05) is 44.2 Å². The highest BCUT2D eigenvalue weighted by Gasteiger charge is 2.44. The number of methoxy groups -OCH3 is 1. The molecular formula is C19H24N4O3. The zero-order valence-electron chi connectivity index (χ0n) is 14.9. The van der Waals surface area contributed by atoms with Crippen LogP contribution in [0.3, 0.4) is 0 Å². The number of ether oxygens (including phenoxy) is 1. The second kappa shape index (κ2) is 8.14. The Balaban J connectivity index is 1.70. The smallest absolute Gasteiger partial charge is 0.228 e. The van der Waals surface area contributed by atoms with Crippen molar-refractivity contribution in [3.05, 3.63) is 48.3 Å². The summed E-state index contributed by atoms with van der Waals surface area (Å²) in [6.07, 6.45) is 4.45. The Morgan fingerprint density at radius 3 is 2.81 bits per heavy atom. The number of nitrogens with one attached hydrogen (secondary N) is 1. The molecule has 1 aromatic carbocycles. The molecule has 0 spiro atoms. The average Bonchev–Trinajstić information content (AvgIpc) is 3.13. The first-order chi connectivity index (χ1) is 12.7. The zero-order valence-corrected chi connectivity index (χ0v) is 14.9. The van der Waals surface area contributed by atoms with Crippen LogP contribution in [0.4, 0.5) is 5.95 Å². The maximum absolute atomic E-state index is 13.0. The first-order valence-corrected chi connectivity index (χ1v) is 8.71. The number of hydrogen-bond acceptors (Lipinski definition) is 6. The van der Waals surface area contributed by atoms with Crippen molar-refractivity contribution < 1.29 is 14.6 Å². The molecule has 1 aliphatic heterocycles. The van der Waals surface area contributed by atoms with Crippen molar-refractivity contribution in [1.82, 2.24) is 15.3 Å². The van der Waals surface area contributed by atoms with Crippen LogP contribution >= 0.6 is 0 Å². The number of amides is 1. The van der Waals surface area contributed by atoms with Gasteiger partial charge in [0.1, 0.15) is 5.75 Å². The molecule has 2 N–H and O–H groups in total. The Kier molecular flexibility index (Phi) is 5.68. The lowest BCUT2D eigenvalue weighted by Gasteiger charge is -2.27. The number of aliphatic hydroxyl groups is 1. The van der Waals surface area contributed by atoms with Gasteiger partial charge in [-0.15, -0.1) is 0 Å². The SMILES string of the molecule is COc1ccccc1CNC(=O)C1(CCO)CCN(c2ncccn2)C1. The molecule has 1 aliphatic rings. The number of benzene rings is 1. The predicted molar refractivity (Wildman–Crippen MR) is 97.8 cm³/mol. The third-order valence-corrected chi connectivity index (χ3v) is 4.89. The monoisotopic (exact) mass is 356 g/mol. The molecule has 0 bridgehead atoms. The Bertz CT molecular complexity index is 741. The molecule has 1 fully saturated rings. The van der Waals surface area contributed by atoms with E-state index in [2.05, 4.69) is 15.3 Å². The fourth-order valence-electron chi connectivity index (χ4n) is 3.43. The highest BCUT2D eigenvalue weighted by Crippen LogP contribution is 2.35. The van der Waals surface area contributed by atoms with Crippen molar-refractivity contribution in [2.75, 3.05) is 31.7 Å².